The smallest absolute Gasteiger partial charge is 0.336 e. The van der Waals surface area contributed by atoms with Crippen molar-refractivity contribution >= 4 is 57.2 Å². The zero-order valence-electron chi connectivity index (χ0n) is 16.5. The number of benzene rings is 2. The quantitative estimate of drug-likeness (QED) is 0.214. The standard InChI is InChI=1S/C21H14ClN3O5S2/c1-27-13-3-5-16-14(8-13)11(6-19(26)28-16)9-31-21-25-24-18(30-21)10-32-20-23-15-7-12(22)2-4-17(15)29-20/h2-8H,9-10H2,1H3. The van der Waals surface area contributed by atoms with E-state index in [1.54, 1.807) is 37.4 Å². The van der Waals surface area contributed by atoms with Crippen LogP contribution in [-0.2, 0) is 11.5 Å². The van der Waals surface area contributed by atoms with Gasteiger partial charge in [-0.1, -0.05) is 35.1 Å². The zero-order chi connectivity index (χ0) is 22.1. The third kappa shape index (κ3) is 4.47. The van der Waals surface area contributed by atoms with Gasteiger partial charge in [0.15, 0.2) is 5.58 Å². The Morgan fingerprint density at radius 3 is 2.66 bits per heavy atom. The first-order valence-corrected chi connectivity index (χ1v) is 11.7. The van der Waals surface area contributed by atoms with E-state index in [2.05, 4.69) is 15.2 Å². The van der Waals surface area contributed by atoms with Crippen LogP contribution in [0.1, 0.15) is 11.5 Å². The summed E-state index contributed by atoms with van der Waals surface area (Å²) >= 11 is 8.66. The van der Waals surface area contributed by atoms with Gasteiger partial charge in [-0.3, -0.25) is 0 Å². The highest BCUT2D eigenvalue weighted by molar-refractivity contribution is 7.98. The fourth-order valence-corrected chi connectivity index (χ4v) is 4.63. The highest BCUT2D eigenvalue weighted by Gasteiger charge is 2.13. The average molecular weight is 488 g/mol. The van der Waals surface area contributed by atoms with Gasteiger partial charge in [-0.25, -0.2) is 9.78 Å². The molecule has 8 nitrogen and oxygen atoms in total. The Kier molecular flexibility index (Phi) is 5.81. The monoisotopic (exact) mass is 487 g/mol. The van der Waals surface area contributed by atoms with Gasteiger partial charge in [0.2, 0.25) is 5.89 Å². The Bertz CT molecular complexity index is 1480. The van der Waals surface area contributed by atoms with Crippen LogP contribution in [0.15, 0.2) is 71.0 Å². The number of hydrogen-bond acceptors (Lipinski definition) is 10. The molecule has 11 heteroatoms. The topological polar surface area (TPSA) is 104 Å². The minimum Gasteiger partial charge on any atom is -0.497 e. The van der Waals surface area contributed by atoms with Crippen LogP contribution in [0, 0.1) is 0 Å². The summed E-state index contributed by atoms with van der Waals surface area (Å²) in [6.45, 7) is 0. The Labute approximate surface area is 194 Å². The van der Waals surface area contributed by atoms with Crippen LogP contribution in [-0.4, -0.2) is 22.3 Å². The van der Waals surface area contributed by atoms with E-state index in [9.17, 15) is 4.79 Å². The molecule has 0 aliphatic heterocycles. The van der Waals surface area contributed by atoms with Gasteiger partial charge in [0.05, 0.1) is 12.9 Å². The molecule has 2 aromatic carbocycles. The van der Waals surface area contributed by atoms with Crippen LogP contribution in [0.25, 0.3) is 22.1 Å². The first kappa shape index (κ1) is 20.9. The molecule has 3 aromatic heterocycles. The summed E-state index contributed by atoms with van der Waals surface area (Å²) in [5.41, 5.74) is 2.23. The molecule has 32 heavy (non-hydrogen) atoms. The van der Waals surface area contributed by atoms with Crippen LogP contribution in [0.5, 0.6) is 5.75 Å². The summed E-state index contributed by atoms with van der Waals surface area (Å²) in [5.74, 6) is 1.98. The molecule has 162 valence electrons. The van der Waals surface area contributed by atoms with E-state index in [-0.39, 0.29) is 0 Å². The van der Waals surface area contributed by atoms with E-state index < -0.39 is 5.63 Å². The molecule has 0 unspecified atom stereocenters. The third-order valence-corrected chi connectivity index (χ3v) is 6.40. The van der Waals surface area contributed by atoms with E-state index >= 15 is 0 Å². The van der Waals surface area contributed by atoms with E-state index in [0.29, 0.717) is 55.3 Å². The van der Waals surface area contributed by atoms with Crippen molar-refractivity contribution in [1.29, 1.82) is 0 Å². The van der Waals surface area contributed by atoms with E-state index in [1.165, 1.54) is 29.6 Å². The van der Waals surface area contributed by atoms with Gasteiger partial charge in [0.1, 0.15) is 16.8 Å². The molecular formula is C21H14ClN3O5S2. The first-order valence-electron chi connectivity index (χ1n) is 9.32. The van der Waals surface area contributed by atoms with Gasteiger partial charge in [-0.05, 0) is 42.0 Å². The second-order valence-electron chi connectivity index (χ2n) is 6.58. The Morgan fingerprint density at radius 1 is 0.938 bits per heavy atom. The molecule has 0 fully saturated rings. The molecule has 0 bridgehead atoms. The zero-order valence-corrected chi connectivity index (χ0v) is 18.9. The Hall–Kier alpha value is -2.95. The molecule has 5 aromatic rings. The van der Waals surface area contributed by atoms with Gasteiger partial charge >= 0.3 is 5.63 Å². The predicted molar refractivity (Wildman–Crippen MR) is 121 cm³/mol. The van der Waals surface area contributed by atoms with Crippen LogP contribution >= 0.6 is 35.1 Å². The molecule has 0 saturated carbocycles. The number of hydrogen-bond donors (Lipinski definition) is 0. The van der Waals surface area contributed by atoms with Gasteiger partial charge in [0, 0.05) is 22.2 Å². The molecule has 0 saturated heterocycles. The number of fused-ring (bicyclic) bond motifs is 2. The molecule has 0 amide bonds. The van der Waals surface area contributed by atoms with E-state index in [1.807, 2.05) is 6.07 Å². The SMILES string of the molecule is COc1ccc2oc(=O)cc(CSc3nnc(CSc4nc5cc(Cl)ccc5o4)o3)c2c1. The maximum atomic E-state index is 11.9. The number of methoxy groups -OCH3 is 1. The summed E-state index contributed by atoms with van der Waals surface area (Å²) in [4.78, 5) is 16.3. The second kappa shape index (κ2) is 8.89. The molecule has 0 aliphatic rings. The summed E-state index contributed by atoms with van der Waals surface area (Å²) in [5, 5.41) is 10.4. The molecule has 0 aliphatic carbocycles. The van der Waals surface area contributed by atoms with Crippen molar-refractivity contribution in [2.75, 3.05) is 7.11 Å². The van der Waals surface area contributed by atoms with Crippen molar-refractivity contribution in [2.45, 2.75) is 22.0 Å². The van der Waals surface area contributed by atoms with Gasteiger partial charge in [-0.2, -0.15) is 0 Å². The van der Waals surface area contributed by atoms with E-state index in [4.69, 9.17) is 29.6 Å². The predicted octanol–water partition coefficient (Wildman–Crippen LogP) is 5.56. The minimum absolute atomic E-state index is 0.397. The molecule has 0 radical (unpaired) electrons. The van der Waals surface area contributed by atoms with Crippen molar-refractivity contribution in [3.63, 3.8) is 0 Å². The molecule has 0 N–H and O–H groups in total. The fourth-order valence-electron chi connectivity index (χ4n) is 3.01. The average Bonchev–Trinajstić information content (AvgIpc) is 3.41. The van der Waals surface area contributed by atoms with Crippen molar-refractivity contribution < 1.29 is 18.0 Å². The highest BCUT2D eigenvalue weighted by Crippen LogP contribution is 2.30. The number of ether oxygens (including phenoxy) is 1. The minimum atomic E-state index is -0.416. The lowest BCUT2D eigenvalue weighted by Gasteiger charge is -2.06. The van der Waals surface area contributed by atoms with Gasteiger partial charge < -0.3 is 18.0 Å². The Morgan fingerprint density at radius 2 is 1.78 bits per heavy atom. The summed E-state index contributed by atoms with van der Waals surface area (Å²) < 4.78 is 21.9. The number of nitrogens with zero attached hydrogens (tertiary/aromatic N) is 3. The fraction of sp³-hybridized carbons (Fsp3) is 0.143. The molecule has 3 heterocycles. The van der Waals surface area contributed by atoms with Crippen LogP contribution < -0.4 is 10.4 Å². The number of rotatable bonds is 7. The van der Waals surface area contributed by atoms with Crippen molar-refractivity contribution in [1.82, 2.24) is 15.2 Å². The number of oxazole rings is 1. The number of aromatic nitrogens is 3. The van der Waals surface area contributed by atoms with Crippen molar-refractivity contribution in [3.05, 3.63) is 69.4 Å². The molecular weight excluding hydrogens is 474 g/mol. The maximum Gasteiger partial charge on any atom is 0.336 e. The van der Waals surface area contributed by atoms with Crippen molar-refractivity contribution in [3.8, 4) is 5.75 Å². The highest BCUT2D eigenvalue weighted by atomic mass is 35.5. The lowest BCUT2D eigenvalue weighted by molar-refractivity contribution is 0.415. The first-order chi connectivity index (χ1) is 15.6. The van der Waals surface area contributed by atoms with Crippen molar-refractivity contribution in [2.24, 2.45) is 0 Å². The van der Waals surface area contributed by atoms with E-state index in [0.717, 1.165) is 10.9 Å². The van der Waals surface area contributed by atoms with Gasteiger partial charge in [0.25, 0.3) is 10.4 Å². The Balaban J connectivity index is 1.27. The number of thioether (sulfide) groups is 2. The second-order valence-corrected chi connectivity index (χ2v) is 8.87. The summed E-state index contributed by atoms with van der Waals surface area (Å²) in [6, 6.07) is 12.0. The lowest BCUT2D eigenvalue weighted by Crippen LogP contribution is -2.00. The summed E-state index contributed by atoms with van der Waals surface area (Å²) in [7, 11) is 1.59. The van der Waals surface area contributed by atoms with Crippen LogP contribution in [0.3, 0.4) is 0 Å². The largest absolute Gasteiger partial charge is 0.497 e. The van der Waals surface area contributed by atoms with Crippen LogP contribution in [0.2, 0.25) is 5.02 Å². The molecule has 0 spiro atoms. The normalized spacial score (nSPS) is 11.4. The number of halogens is 1. The lowest BCUT2D eigenvalue weighted by atomic mass is 10.1. The third-order valence-electron chi connectivity index (χ3n) is 4.48. The molecule has 0 atom stereocenters. The maximum absolute atomic E-state index is 11.9. The van der Waals surface area contributed by atoms with Crippen LogP contribution in [0.4, 0.5) is 0 Å². The molecule has 5 rings (SSSR count). The summed E-state index contributed by atoms with van der Waals surface area (Å²) in [6.07, 6.45) is 0. The van der Waals surface area contributed by atoms with Gasteiger partial charge in [-0.15, -0.1) is 10.2 Å².